The van der Waals surface area contributed by atoms with Crippen LogP contribution < -0.4 is 5.32 Å². The van der Waals surface area contributed by atoms with Gasteiger partial charge in [-0.1, -0.05) is 0 Å². The molecule has 0 heterocycles. The SMILES string of the molecule is O=C(NC1CCC(O)CC1)C1CC1. The zero-order valence-corrected chi connectivity index (χ0v) is 7.83. The van der Waals surface area contributed by atoms with Gasteiger partial charge in [-0.25, -0.2) is 0 Å². The number of hydrogen-bond acceptors (Lipinski definition) is 2. The van der Waals surface area contributed by atoms with Gasteiger partial charge in [-0.15, -0.1) is 0 Å². The van der Waals surface area contributed by atoms with E-state index in [0.717, 1.165) is 38.5 Å². The molecule has 0 unspecified atom stereocenters. The van der Waals surface area contributed by atoms with Crippen molar-refractivity contribution in [2.45, 2.75) is 50.7 Å². The van der Waals surface area contributed by atoms with Gasteiger partial charge in [-0.3, -0.25) is 4.79 Å². The van der Waals surface area contributed by atoms with E-state index in [1.807, 2.05) is 0 Å². The summed E-state index contributed by atoms with van der Waals surface area (Å²) in [6.45, 7) is 0. The molecular formula is C10H17NO2. The fourth-order valence-electron chi connectivity index (χ4n) is 1.88. The number of carbonyl (C=O) groups excluding carboxylic acids is 1. The minimum Gasteiger partial charge on any atom is -0.393 e. The molecule has 0 radical (unpaired) electrons. The normalized spacial score (nSPS) is 34.2. The third-order valence-corrected chi connectivity index (χ3v) is 2.99. The number of nitrogens with one attached hydrogen (secondary N) is 1. The molecule has 1 amide bonds. The van der Waals surface area contributed by atoms with Gasteiger partial charge in [-0.2, -0.15) is 0 Å². The molecule has 2 fully saturated rings. The molecule has 0 aromatic rings. The Kier molecular flexibility index (Phi) is 2.54. The first-order valence-electron chi connectivity index (χ1n) is 5.24. The van der Waals surface area contributed by atoms with Gasteiger partial charge in [-0.05, 0) is 38.5 Å². The van der Waals surface area contributed by atoms with Gasteiger partial charge >= 0.3 is 0 Å². The summed E-state index contributed by atoms with van der Waals surface area (Å²) in [7, 11) is 0. The quantitative estimate of drug-likeness (QED) is 0.665. The summed E-state index contributed by atoms with van der Waals surface area (Å²) in [5.74, 6) is 0.549. The Morgan fingerprint density at radius 1 is 1.08 bits per heavy atom. The number of aliphatic hydroxyl groups excluding tert-OH is 1. The van der Waals surface area contributed by atoms with Crippen molar-refractivity contribution >= 4 is 5.91 Å². The molecule has 0 atom stereocenters. The molecule has 2 saturated carbocycles. The Hall–Kier alpha value is -0.570. The molecule has 13 heavy (non-hydrogen) atoms. The summed E-state index contributed by atoms with van der Waals surface area (Å²) >= 11 is 0. The minimum atomic E-state index is -0.130. The molecular weight excluding hydrogens is 166 g/mol. The third-order valence-electron chi connectivity index (χ3n) is 2.99. The van der Waals surface area contributed by atoms with Crippen LogP contribution in [0.3, 0.4) is 0 Å². The molecule has 0 spiro atoms. The van der Waals surface area contributed by atoms with E-state index in [2.05, 4.69) is 5.32 Å². The van der Waals surface area contributed by atoms with E-state index in [-0.39, 0.29) is 12.0 Å². The topological polar surface area (TPSA) is 49.3 Å². The number of carbonyl (C=O) groups is 1. The van der Waals surface area contributed by atoms with E-state index < -0.39 is 0 Å². The highest BCUT2D eigenvalue weighted by Crippen LogP contribution is 2.29. The minimum absolute atomic E-state index is 0.130. The highest BCUT2D eigenvalue weighted by molar-refractivity contribution is 5.81. The highest BCUT2D eigenvalue weighted by atomic mass is 16.3. The summed E-state index contributed by atoms with van der Waals surface area (Å²) < 4.78 is 0. The van der Waals surface area contributed by atoms with Gasteiger partial charge in [0.05, 0.1) is 6.10 Å². The van der Waals surface area contributed by atoms with Gasteiger partial charge in [0.25, 0.3) is 0 Å². The summed E-state index contributed by atoms with van der Waals surface area (Å²) in [6.07, 6.45) is 5.58. The van der Waals surface area contributed by atoms with Crippen LogP contribution in [0.5, 0.6) is 0 Å². The molecule has 0 bridgehead atoms. The van der Waals surface area contributed by atoms with Gasteiger partial charge in [0, 0.05) is 12.0 Å². The third kappa shape index (κ3) is 2.44. The maximum Gasteiger partial charge on any atom is 0.223 e. The number of rotatable bonds is 2. The van der Waals surface area contributed by atoms with Crippen molar-refractivity contribution in [1.29, 1.82) is 0 Å². The molecule has 2 aliphatic carbocycles. The van der Waals surface area contributed by atoms with Crippen LogP contribution in [-0.2, 0) is 4.79 Å². The zero-order valence-electron chi connectivity index (χ0n) is 7.83. The molecule has 0 aromatic carbocycles. The fraction of sp³-hybridized carbons (Fsp3) is 0.900. The second-order valence-corrected chi connectivity index (χ2v) is 4.29. The van der Waals surface area contributed by atoms with E-state index in [0.29, 0.717) is 12.0 Å². The average molecular weight is 183 g/mol. The lowest BCUT2D eigenvalue weighted by Gasteiger charge is -2.26. The first-order valence-corrected chi connectivity index (χ1v) is 5.24. The van der Waals surface area contributed by atoms with Crippen molar-refractivity contribution in [2.75, 3.05) is 0 Å². The van der Waals surface area contributed by atoms with E-state index in [9.17, 15) is 9.90 Å². The second kappa shape index (κ2) is 3.66. The van der Waals surface area contributed by atoms with Crippen LogP contribution in [-0.4, -0.2) is 23.2 Å². The lowest BCUT2D eigenvalue weighted by molar-refractivity contribution is -0.123. The lowest BCUT2D eigenvalue weighted by atomic mass is 9.93. The van der Waals surface area contributed by atoms with E-state index in [1.165, 1.54) is 0 Å². The van der Waals surface area contributed by atoms with Crippen LogP contribution >= 0.6 is 0 Å². The van der Waals surface area contributed by atoms with Crippen molar-refractivity contribution in [3.8, 4) is 0 Å². The summed E-state index contributed by atoms with van der Waals surface area (Å²) in [5, 5.41) is 12.3. The molecule has 0 aromatic heterocycles. The van der Waals surface area contributed by atoms with Gasteiger partial charge < -0.3 is 10.4 Å². The molecule has 2 rings (SSSR count). The average Bonchev–Trinajstić information content (AvgIpc) is 2.91. The van der Waals surface area contributed by atoms with E-state index in [1.54, 1.807) is 0 Å². The van der Waals surface area contributed by atoms with Crippen molar-refractivity contribution in [1.82, 2.24) is 5.32 Å². The zero-order chi connectivity index (χ0) is 9.26. The largest absolute Gasteiger partial charge is 0.393 e. The molecule has 2 N–H and O–H groups in total. The van der Waals surface area contributed by atoms with Crippen LogP contribution in [0.15, 0.2) is 0 Å². The maximum atomic E-state index is 11.4. The monoisotopic (exact) mass is 183 g/mol. The van der Waals surface area contributed by atoms with E-state index >= 15 is 0 Å². The standard InChI is InChI=1S/C10H17NO2/c12-9-5-3-8(4-6-9)11-10(13)7-1-2-7/h7-9,12H,1-6H2,(H,11,13). The van der Waals surface area contributed by atoms with E-state index in [4.69, 9.17) is 0 Å². The van der Waals surface area contributed by atoms with Crippen LogP contribution in [0.4, 0.5) is 0 Å². The smallest absolute Gasteiger partial charge is 0.223 e. The maximum absolute atomic E-state index is 11.4. The van der Waals surface area contributed by atoms with Crippen LogP contribution in [0.25, 0.3) is 0 Å². The predicted octanol–water partition coefficient (Wildman–Crippen LogP) is 0.816. The predicted molar refractivity (Wildman–Crippen MR) is 49.1 cm³/mol. The molecule has 2 aliphatic rings. The Labute approximate surface area is 78.5 Å². The van der Waals surface area contributed by atoms with Gasteiger partial charge in [0.15, 0.2) is 0 Å². The molecule has 3 heteroatoms. The lowest BCUT2D eigenvalue weighted by Crippen LogP contribution is -2.39. The summed E-state index contributed by atoms with van der Waals surface area (Å²) in [6, 6.07) is 0.330. The molecule has 3 nitrogen and oxygen atoms in total. The van der Waals surface area contributed by atoms with Crippen LogP contribution in [0.1, 0.15) is 38.5 Å². The summed E-state index contributed by atoms with van der Waals surface area (Å²) in [4.78, 5) is 11.4. The Morgan fingerprint density at radius 2 is 1.69 bits per heavy atom. The van der Waals surface area contributed by atoms with Gasteiger partial charge in [0.1, 0.15) is 0 Å². The Morgan fingerprint density at radius 3 is 2.23 bits per heavy atom. The highest BCUT2D eigenvalue weighted by Gasteiger charge is 2.31. The summed E-state index contributed by atoms with van der Waals surface area (Å²) in [5.41, 5.74) is 0. The van der Waals surface area contributed by atoms with Crippen molar-refractivity contribution < 1.29 is 9.90 Å². The first-order chi connectivity index (χ1) is 6.25. The first kappa shape index (κ1) is 9.00. The second-order valence-electron chi connectivity index (χ2n) is 4.29. The van der Waals surface area contributed by atoms with Crippen LogP contribution in [0, 0.1) is 5.92 Å². The molecule has 0 aliphatic heterocycles. The van der Waals surface area contributed by atoms with Crippen molar-refractivity contribution in [2.24, 2.45) is 5.92 Å². The Bertz CT molecular complexity index is 193. The van der Waals surface area contributed by atoms with Crippen molar-refractivity contribution in [3.05, 3.63) is 0 Å². The molecule has 0 saturated heterocycles. The number of hydrogen-bond donors (Lipinski definition) is 2. The number of amides is 1. The number of aliphatic hydroxyl groups is 1. The fourth-order valence-corrected chi connectivity index (χ4v) is 1.88. The van der Waals surface area contributed by atoms with Crippen LogP contribution in [0.2, 0.25) is 0 Å². The van der Waals surface area contributed by atoms with Gasteiger partial charge in [0.2, 0.25) is 5.91 Å². The van der Waals surface area contributed by atoms with Crippen molar-refractivity contribution in [3.63, 3.8) is 0 Å². The Balaban J connectivity index is 1.72. The molecule has 74 valence electrons.